The van der Waals surface area contributed by atoms with Gasteiger partial charge in [-0.15, -0.1) is 0 Å². The minimum Gasteiger partial charge on any atom is -0.375 e. The van der Waals surface area contributed by atoms with Crippen LogP contribution in [0.5, 0.6) is 0 Å². The van der Waals surface area contributed by atoms with E-state index in [-0.39, 0.29) is 0 Å². The summed E-state index contributed by atoms with van der Waals surface area (Å²) in [6.45, 7) is 4.57. The van der Waals surface area contributed by atoms with Crippen molar-refractivity contribution in [3.05, 3.63) is 0 Å². The van der Waals surface area contributed by atoms with Crippen molar-refractivity contribution in [3.8, 4) is 0 Å². The molecule has 1 aliphatic heterocycles. The van der Waals surface area contributed by atoms with Crippen molar-refractivity contribution < 1.29 is 4.74 Å². The monoisotopic (exact) mass is 168 g/mol. The van der Waals surface area contributed by atoms with Crippen molar-refractivity contribution in [1.29, 1.82) is 0 Å². The molecule has 1 saturated heterocycles. The van der Waals surface area contributed by atoms with Gasteiger partial charge < -0.3 is 4.74 Å². The summed E-state index contributed by atoms with van der Waals surface area (Å²) in [5, 5.41) is 0. The maximum Gasteiger partial charge on any atom is 0.0608 e. The molecule has 2 rings (SSSR count). The van der Waals surface area contributed by atoms with Crippen molar-refractivity contribution in [2.45, 2.75) is 58.2 Å². The molecule has 2 atom stereocenters. The van der Waals surface area contributed by atoms with Gasteiger partial charge in [0.1, 0.15) is 0 Å². The molecule has 0 radical (unpaired) electrons. The summed E-state index contributed by atoms with van der Waals surface area (Å²) < 4.78 is 6.00. The van der Waals surface area contributed by atoms with Gasteiger partial charge in [0.15, 0.2) is 0 Å². The molecule has 0 N–H and O–H groups in total. The molecule has 2 aliphatic rings. The standard InChI is InChI=1S/C11H20O/c1-8(2)7-10-5-6-11(12-10)9-3-4-9/h8-11H,3-7H2,1-2H3. The lowest BCUT2D eigenvalue weighted by atomic mass is 10.0. The molecular formula is C11H20O. The Morgan fingerprint density at radius 2 is 1.92 bits per heavy atom. The summed E-state index contributed by atoms with van der Waals surface area (Å²) in [6.07, 6.45) is 8.02. The van der Waals surface area contributed by atoms with E-state index in [0.29, 0.717) is 12.2 Å². The van der Waals surface area contributed by atoms with E-state index in [1.165, 1.54) is 32.1 Å². The number of ether oxygens (including phenoxy) is 1. The first-order valence-corrected chi connectivity index (χ1v) is 5.41. The van der Waals surface area contributed by atoms with Crippen molar-refractivity contribution >= 4 is 0 Å². The molecule has 1 heteroatoms. The average molecular weight is 168 g/mol. The van der Waals surface area contributed by atoms with Crippen LogP contribution in [-0.4, -0.2) is 12.2 Å². The van der Waals surface area contributed by atoms with Crippen LogP contribution in [0.4, 0.5) is 0 Å². The van der Waals surface area contributed by atoms with Gasteiger partial charge in [-0.05, 0) is 43.9 Å². The zero-order valence-corrected chi connectivity index (χ0v) is 8.25. The summed E-state index contributed by atoms with van der Waals surface area (Å²) in [7, 11) is 0. The second-order valence-corrected chi connectivity index (χ2v) is 4.84. The Hall–Kier alpha value is -0.0400. The molecule has 12 heavy (non-hydrogen) atoms. The topological polar surface area (TPSA) is 9.23 Å². The minimum absolute atomic E-state index is 0.593. The highest BCUT2D eigenvalue weighted by Crippen LogP contribution is 2.41. The van der Waals surface area contributed by atoms with Gasteiger partial charge in [0.25, 0.3) is 0 Å². The predicted octanol–water partition coefficient (Wildman–Crippen LogP) is 2.99. The highest BCUT2D eigenvalue weighted by Gasteiger charge is 2.37. The molecule has 2 unspecified atom stereocenters. The van der Waals surface area contributed by atoms with E-state index < -0.39 is 0 Å². The van der Waals surface area contributed by atoms with Crippen LogP contribution < -0.4 is 0 Å². The van der Waals surface area contributed by atoms with E-state index in [0.717, 1.165) is 11.8 Å². The molecule has 0 aromatic rings. The summed E-state index contributed by atoms with van der Waals surface area (Å²) in [4.78, 5) is 0. The van der Waals surface area contributed by atoms with Crippen LogP contribution in [0, 0.1) is 11.8 Å². The molecule has 0 aromatic carbocycles. The Kier molecular flexibility index (Phi) is 2.40. The van der Waals surface area contributed by atoms with Crippen molar-refractivity contribution in [2.24, 2.45) is 11.8 Å². The predicted molar refractivity (Wildman–Crippen MR) is 50.1 cm³/mol. The number of rotatable bonds is 3. The fraction of sp³-hybridized carbons (Fsp3) is 1.00. The number of hydrogen-bond acceptors (Lipinski definition) is 1. The third-order valence-electron chi connectivity index (χ3n) is 3.02. The van der Waals surface area contributed by atoms with Gasteiger partial charge in [0, 0.05) is 0 Å². The van der Waals surface area contributed by atoms with E-state index in [1.54, 1.807) is 0 Å². The van der Waals surface area contributed by atoms with Crippen molar-refractivity contribution in [2.75, 3.05) is 0 Å². The van der Waals surface area contributed by atoms with E-state index in [2.05, 4.69) is 13.8 Å². The van der Waals surface area contributed by atoms with Crippen molar-refractivity contribution in [3.63, 3.8) is 0 Å². The Morgan fingerprint density at radius 3 is 2.50 bits per heavy atom. The van der Waals surface area contributed by atoms with E-state index in [9.17, 15) is 0 Å². The van der Waals surface area contributed by atoms with Gasteiger partial charge in [-0.1, -0.05) is 13.8 Å². The van der Waals surface area contributed by atoms with Gasteiger partial charge in [-0.2, -0.15) is 0 Å². The molecule has 0 spiro atoms. The van der Waals surface area contributed by atoms with Gasteiger partial charge >= 0.3 is 0 Å². The lowest BCUT2D eigenvalue weighted by Crippen LogP contribution is -2.14. The summed E-state index contributed by atoms with van der Waals surface area (Å²) in [5.74, 6) is 1.75. The molecule has 1 heterocycles. The lowest BCUT2D eigenvalue weighted by Gasteiger charge is -2.14. The SMILES string of the molecule is CC(C)CC1CCC(C2CC2)O1. The molecule has 2 fully saturated rings. The maximum absolute atomic E-state index is 6.00. The smallest absolute Gasteiger partial charge is 0.0608 e. The van der Waals surface area contributed by atoms with Crippen LogP contribution in [0.25, 0.3) is 0 Å². The Morgan fingerprint density at radius 1 is 1.17 bits per heavy atom. The second kappa shape index (κ2) is 3.37. The third kappa shape index (κ3) is 2.01. The average Bonchev–Trinajstić information content (AvgIpc) is 2.73. The molecule has 1 nitrogen and oxygen atoms in total. The van der Waals surface area contributed by atoms with E-state index in [4.69, 9.17) is 4.74 Å². The quantitative estimate of drug-likeness (QED) is 0.629. The summed E-state index contributed by atoms with van der Waals surface area (Å²) in [5.41, 5.74) is 0. The molecule has 0 bridgehead atoms. The zero-order chi connectivity index (χ0) is 8.55. The first kappa shape index (κ1) is 8.55. The highest BCUT2D eigenvalue weighted by molar-refractivity contribution is 4.87. The van der Waals surface area contributed by atoms with Crippen LogP contribution >= 0.6 is 0 Å². The van der Waals surface area contributed by atoms with Gasteiger partial charge in [0.2, 0.25) is 0 Å². The summed E-state index contributed by atoms with van der Waals surface area (Å²) in [6, 6.07) is 0. The van der Waals surface area contributed by atoms with Crippen LogP contribution in [-0.2, 0) is 4.74 Å². The van der Waals surface area contributed by atoms with Gasteiger partial charge in [-0.25, -0.2) is 0 Å². The van der Waals surface area contributed by atoms with Crippen LogP contribution in [0.1, 0.15) is 46.0 Å². The molecular weight excluding hydrogens is 148 g/mol. The number of hydrogen-bond donors (Lipinski definition) is 0. The first-order chi connectivity index (χ1) is 5.75. The van der Waals surface area contributed by atoms with Crippen LogP contribution in [0.15, 0.2) is 0 Å². The Labute approximate surface area is 75.5 Å². The first-order valence-electron chi connectivity index (χ1n) is 5.41. The van der Waals surface area contributed by atoms with E-state index >= 15 is 0 Å². The largest absolute Gasteiger partial charge is 0.375 e. The van der Waals surface area contributed by atoms with Gasteiger partial charge in [0.05, 0.1) is 12.2 Å². The Bertz CT molecular complexity index is 149. The Balaban J connectivity index is 1.73. The zero-order valence-electron chi connectivity index (χ0n) is 8.25. The molecule has 1 aliphatic carbocycles. The second-order valence-electron chi connectivity index (χ2n) is 4.84. The fourth-order valence-corrected chi connectivity index (χ4v) is 2.25. The summed E-state index contributed by atoms with van der Waals surface area (Å²) >= 11 is 0. The van der Waals surface area contributed by atoms with Crippen LogP contribution in [0.2, 0.25) is 0 Å². The highest BCUT2D eigenvalue weighted by atomic mass is 16.5. The molecule has 1 saturated carbocycles. The van der Waals surface area contributed by atoms with Gasteiger partial charge in [-0.3, -0.25) is 0 Å². The maximum atomic E-state index is 6.00. The fourth-order valence-electron chi connectivity index (χ4n) is 2.25. The molecule has 70 valence electrons. The molecule has 0 aromatic heterocycles. The van der Waals surface area contributed by atoms with Crippen molar-refractivity contribution in [1.82, 2.24) is 0 Å². The van der Waals surface area contributed by atoms with Crippen LogP contribution in [0.3, 0.4) is 0 Å². The normalized spacial score (nSPS) is 36.2. The lowest BCUT2D eigenvalue weighted by molar-refractivity contribution is 0.0226. The third-order valence-corrected chi connectivity index (χ3v) is 3.02. The minimum atomic E-state index is 0.593. The van der Waals surface area contributed by atoms with E-state index in [1.807, 2.05) is 0 Å². The molecule has 0 amide bonds.